The summed E-state index contributed by atoms with van der Waals surface area (Å²) >= 11 is 0. The quantitative estimate of drug-likeness (QED) is 0.427. The van der Waals surface area contributed by atoms with Crippen LogP contribution in [0.4, 0.5) is 5.69 Å². The van der Waals surface area contributed by atoms with Gasteiger partial charge in [0.1, 0.15) is 12.2 Å². The molecule has 1 aromatic rings. The van der Waals surface area contributed by atoms with Crippen LogP contribution in [0.1, 0.15) is 11.0 Å². The molecule has 0 aliphatic carbocycles. The minimum Gasteiger partial charge on any atom is -0.391 e. The molecule has 88 valence electrons. The predicted molar refractivity (Wildman–Crippen MR) is 62.3 cm³/mol. The van der Waals surface area contributed by atoms with Crippen LogP contribution in [0, 0.1) is 0 Å². The molecule has 0 radical (unpaired) electrons. The molecule has 5 heteroatoms. The fourth-order valence-corrected chi connectivity index (χ4v) is 0.976. The van der Waals surface area contributed by atoms with Crippen LogP contribution in [0.25, 0.3) is 0 Å². The minimum atomic E-state index is -2.76. The Hall–Kier alpha value is -1.43. The first-order valence-corrected chi connectivity index (χ1v) is 4.71. The maximum atomic E-state index is 9.48. The molecule has 1 rings (SSSR count). The molecule has 0 amide bonds. The summed E-state index contributed by atoms with van der Waals surface area (Å²) in [5.74, 6) is 0. The van der Waals surface area contributed by atoms with Gasteiger partial charge in [0.25, 0.3) is 0 Å². The molecule has 0 aliphatic heterocycles. The number of rotatable bonds is 5. The first kappa shape index (κ1) is 8.69. The van der Waals surface area contributed by atoms with E-state index in [-0.39, 0.29) is 0 Å². The van der Waals surface area contributed by atoms with E-state index in [2.05, 4.69) is 10.5 Å². The maximum absolute atomic E-state index is 9.48. The number of hydrazone groups is 1. The summed E-state index contributed by atoms with van der Waals surface area (Å²) in [6, 6.07) is 8.85. The van der Waals surface area contributed by atoms with Crippen LogP contribution in [0.15, 0.2) is 35.4 Å². The molecule has 0 aromatic heterocycles. The third-order valence-corrected chi connectivity index (χ3v) is 1.87. The second-order valence-corrected chi connectivity index (χ2v) is 3.18. The molecule has 0 saturated carbocycles. The lowest BCUT2D eigenvalue weighted by molar-refractivity contribution is -0.0240. The smallest absolute Gasteiger partial charge is 0.119 e. The number of aliphatic hydroxyl groups is 3. The van der Waals surface area contributed by atoms with E-state index < -0.39 is 25.2 Å². The van der Waals surface area contributed by atoms with Crippen molar-refractivity contribution in [3.8, 4) is 0 Å². The zero-order valence-corrected chi connectivity index (χ0v) is 8.49. The van der Waals surface area contributed by atoms with Crippen LogP contribution in [0.2, 0.25) is 0 Å². The lowest BCUT2D eigenvalue weighted by Gasteiger charge is -2.16. The second kappa shape index (κ2) is 6.22. The molecule has 0 heterocycles. The summed E-state index contributed by atoms with van der Waals surface area (Å²) in [5.41, 5.74) is 3.25. The van der Waals surface area contributed by atoms with Crippen LogP contribution in [-0.4, -0.2) is 39.8 Å². The highest BCUT2D eigenvalue weighted by Crippen LogP contribution is 2.04. The van der Waals surface area contributed by atoms with Crippen LogP contribution in [-0.2, 0) is 0 Å². The monoisotopic (exact) mass is 227 g/mol. The number of nitrogens with zero attached hydrogens (tertiary/aromatic N) is 1. The number of benzene rings is 1. The largest absolute Gasteiger partial charge is 0.391 e. The van der Waals surface area contributed by atoms with Crippen LogP contribution in [0.5, 0.6) is 0 Å². The number of anilines is 1. The Balaban J connectivity index is 2.52. The first-order valence-electron chi connectivity index (χ1n) is 6.21. The topological polar surface area (TPSA) is 85.1 Å². The van der Waals surface area contributed by atoms with Gasteiger partial charge in [-0.1, -0.05) is 18.2 Å². The molecule has 3 atom stereocenters. The molecule has 5 nitrogen and oxygen atoms in total. The predicted octanol–water partition coefficient (Wildman–Crippen LogP) is 0.187. The molecule has 1 aromatic carbocycles. The van der Waals surface area contributed by atoms with Crippen molar-refractivity contribution in [1.29, 1.82) is 0 Å². The summed E-state index contributed by atoms with van der Waals surface area (Å²) in [5, 5.41) is 31.9. The molecule has 0 bridgehead atoms. The van der Waals surface area contributed by atoms with Gasteiger partial charge in [0, 0.05) is 4.11 Å². The number of hydrogen-bond acceptors (Lipinski definition) is 5. The summed E-state index contributed by atoms with van der Waals surface area (Å²) in [4.78, 5) is 0. The van der Waals surface area contributed by atoms with Gasteiger partial charge >= 0.3 is 0 Å². The number of hydrogen-bond donors (Lipinski definition) is 4. The van der Waals surface area contributed by atoms with Crippen molar-refractivity contribution in [2.24, 2.45) is 5.10 Å². The minimum absolute atomic E-state index is 0.664. The Labute approximate surface area is 98.3 Å². The summed E-state index contributed by atoms with van der Waals surface area (Å²) in [6.07, 6.45) is -4.54. The van der Waals surface area contributed by atoms with Crippen LogP contribution < -0.4 is 5.43 Å². The van der Waals surface area contributed by atoms with E-state index >= 15 is 0 Å². The Kier molecular flexibility index (Phi) is 3.38. The van der Waals surface area contributed by atoms with E-state index in [9.17, 15) is 15.3 Å². The summed E-state index contributed by atoms with van der Waals surface area (Å²) in [6.45, 7) is -2.76. The van der Waals surface area contributed by atoms with Crippen molar-refractivity contribution < 1.29 is 19.4 Å². The van der Waals surface area contributed by atoms with Crippen molar-refractivity contribution in [3.05, 3.63) is 30.3 Å². The van der Waals surface area contributed by atoms with Gasteiger partial charge in [0.05, 0.1) is 18.0 Å². The maximum Gasteiger partial charge on any atom is 0.119 e. The van der Waals surface area contributed by atoms with E-state index in [4.69, 9.17) is 4.11 Å². The molecule has 0 spiro atoms. The first-order chi connectivity index (χ1) is 8.82. The average Bonchev–Trinajstić information content (AvgIpc) is 2.37. The summed E-state index contributed by atoms with van der Waals surface area (Å²) < 4.78 is 20.8. The SMILES string of the molecule is [2H]C([2H])([2H])[C@H](O)[C@H](O)[C@H](O)/C=N/Nc1ccccc1. The molecular weight excluding hydrogens is 208 g/mol. The number of aliphatic hydroxyl groups excluding tert-OH is 3. The van der Waals surface area contributed by atoms with Gasteiger partial charge < -0.3 is 15.3 Å². The lowest BCUT2D eigenvalue weighted by Crippen LogP contribution is -2.36. The Bertz CT molecular complexity index is 411. The molecule has 16 heavy (non-hydrogen) atoms. The standard InChI is InChI=1S/C11H16N2O3/c1-8(14)11(16)10(15)7-12-13-9-5-3-2-4-6-9/h2-8,10-11,13-16H,1H3/b12-7+/t8-,10+,11-/m0/s1/i1D3. The van der Waals surface area contributed by atoms with E-state index in [1.807, 2.05) is 6.07 Å². The normalized spacial score (nSPS) is 20.6. The molecule has 0 unspecified atom stereocenters. The zero-order valence-electron chi connectivity index (χ0n) is 11.5. The Morgan fingerprint density at radius 3 is 2.62 bits per heavy atom. The molecule has 4 N–H and O–H groups in total. The Morgan fingerprint density at radius 1 is 1.31 bits per heavy atom. The van der Waals surface area contributed by atoms with Crippen molar-refractivity contribution in [2.75, 3.05) is 5.43 Å². The van der Waals surface area contributed by atoms with Gasteiger partial charge in [-0.3, -0.25) is 5.43 Å². The van der Waals surface area contributed by atoms with Gasteiger partial charge in [-0.15, -0.1) is 0 Å². The zero-order chi connectivity index (χ0) is 14.5. The highest BCUT2D eigenvalue weighted by molar-refractivity contribution is 5.65. The number of nitrogens with one attached hydrogen (secondary N) is 1. The van der Waals surface area contributed by atoms with E-state index in [1.54, 1.807) is 24.3 Å². The van der Waals surface area contributed by atoms with E-state index in [0.29, 0.717) is 5.69 Å². The van der Waals surface area contributed by atoms with Crippen molar-refractivity contribution in [1.82, 2.24) is 0 Å². The molecule has 0 saturated heterocycles. The highest BCUT2D eigenvalue weighted by atomic mass is 16.4. The third-order valence-electron chi connectivity index (χ3n) is 1.87. The third kappa shape index (κ3) is 3.98. The number of para-hydroxylation sites is 1. The van der Waals surface area contributed by atoms with Crippen molar-refractivity contribution in [3.63, 3.8) is 0 Å². The van der Waals surface area contributed by atoms with Crippen molar-refractivity contribution in [2.45, 2.75) is 25.2 Å². The fraction of sp³-hybridized carbons (Fsp3) is 0.364. The van der Waals surface area contributed by atoms with Gasteiger partial charge in [0.2, 0.25) is 0 Å². The summed E-state index contributed by atoms with van der Waals surface area (Å²) in [7, 11) is 0. The fourth-order valence-electron chi connectivity index (χ4n) is 0.976. The van der Waals surface area contributed by atoms with Gasteiger partial charge in [-0.25, -0.2) is 0 Å². The van der Waals surface area contributed by atoms with Crippen LogP contribution >= 0.6 is 0 Å². The molecule has 0 aliphatic rings. The Morgan fingerprint density at radius 2 is 2.00 bits per heavy atom. The van der Waals surface area contributed by atoms with Gasteiger partial charge in [0.15, 0.2) is 0 Å². The van der Waals surface area contributed by atoms with Crippen molar-refractivity contribution >= 4 is 11.9 Å². The van der Waals surface area contributed by atoms with Gasteiger partial charge in [-0.05, 0) is 19.0 Å². The second-order valence-electron chi connectivity index (χ2n) is 3.18. The lowest BCUT2D eigenvalue weighted by atomic mass is 10.1. The highest BCUT2D eigenvalue weighted by Gasteiger charge is 2.18. The van der Waals surface area contributed by atoms with E-state index in [1.165, 1.54) is 0 Å². The van der Waals surface area contributed by atoms with Crippen LogP contribution in [0.3, 0.4) is 0 Å². The average molecular weight is 227 g/mol. The van der Waals surface area contributed by atoms with Gasteiger partial charge in [-0.2, -0.15) is 5.10 Å². The molecular formula is C11H16N2O3. The molecule has 0 fully saturated rings. The van der Waals surface area contributed by atoms with E-state index in [0.717, 1.165) is 6.21 Å².